The number of nitrogens with one attached hydrogen (secondary N) is 3. The topological polar surface area (TPSA) is 68.8 Å². The van der Waals surface area contributed by atoms with E-state index in [0.29, 0.717) is 30.3 Å². The summed E-state index contributed by atoms with van der Waals surface area (Å²) in [6.45, 7) is 4.65. The number of rotatable bonds is 6. The van der Waals surface area contributed by atoms with Crippen LogP contribution in [-0.4, -0.2) is 36.5 Å². The van der Waals surface area contributed by atoms with Gasteiger partial charge in [-0.15, -0.1) is 0 Å². The van der Waals surface area contributed by atoms with Gasteiger partial charge in [0.2, 0.25) is 0 Å². The van der Waals surface area contributed by atoms with Crippen molar-refractivity contribution in [1.82, 2.24) is 15.5 Å². The molecular formula is C23H28F3N5O. The number of carbonyl (C=O) groups excluding carboxylic acids is 1. The van der Waals surface area contributed by atoms with Crippen LogP contribution in [0, 0.1) is 0 Å². The molecule has 6 nitrogen and oxygen atoms in total. The largest absolute Gasteiger partial charge is 0.416 e. The number of aliphatic imine (C=N–C) groups is 1. The second-order valence-electron chi connectivity index (χ2n) is 7.57. The summed E-state index contributed by atoms with van der Waals surface area (Å²) in [5, 5.41) is 9.20. The van der Waals surface area contributed by atoms with Crippen molar-refractivity contribution in [1.29, 1.82) is 0 Å². The van der Waals surface area contributed by atoms with Gasteiger partial charge in [-0.3, -0.25) is 0 Å². The van der Waals surface area contributed by atoms with E-state index in [-0.39, 0.29) is 12.6 Å². The molecule has 2 amide bonds. The van der Waals surface area contributed by atoms with Crippen LogP contribution in [0.15, 0.2) is 53.5 Å². The first-order valence-corrected chi connectivity index (χ1v) is 10.7. The van der Waals surface area contributed by atoms with Crippen LogP contribution in [0.1, 0.15) is 36.5 Å². The first-order valence-electron chi connectivity index (χ1n) is 10.7. The van der Waals surface area contributed by atoms with Crippen molar-refractivity contribution in [3.05, 3.63) is 65.2 Å². The second kappa shape index (κ2) is 10.9. The van der Waals surface area contributed by atoms with Gasteiger partial charge in [-0.1, -0.05) is 24.3 Å². The van der Waals surface area contributed by atoms with Crippen LogP contribution in [0.25, 0.3) is 0 Å². The van der Waals surface area contributed by atoms with E-state index in [4.69, 9.17) is 0 Å². The Balaban J connectivity index is 1.60. The summed E-state index contributed by atoms with van der Waals surface area (Å²) < 4.78 is 38.7. The van der Waals surface area contributed by atoms with E-state index in [0.717, 1.165) is 43.6 Å². The molecule has 0 atom stereocenters. The molecule has 2 aromatic carbocycles. The summed E-state index contributed by atoms with van der Waals surface area (Å²) in [5.74, 6) is 0.497. The third kappa shape index (κ3) is 6.90. The number of hydrogen-bond acceptors (Lipinski definition) is 2. The summed E-state index contributed by atoms with van der Waals surface area (Å²) >= 11 is 0. The van der Waals surface area contributed by atoms with Crippen molar-refractivity contribution in [2.75, 3.05) is 25.0 Å². The molecule has 1 aliphatic rings. The Kier molecular flexibility index (Phi) is 7.97. The van der Waals surface area contributed by atoms with Crippen LogP contribution in [-0.2, 0) is 19.3 Å². The number of hydrogen-bond donors (Lipinski definition) is 3. The highest BCUT2D eigenvalue weighted by Crippen LogP contribution is 2.29. The smallest absolute Gasteiger partial charge is 0.357 e. The normalized spacial score (nSPS) is 14.4. The lowest BCUT2D eigenvalue weighted by atomic mass is 10.1. The Bertz CT molecular complexity index is 939. The first-order chi connectivity index (χ1) is 15.3. The van der Waals surface area contributed by atoms with E-state index < -0.39 is 11.7 Å². The average Bonchev–Trinajstić information content (AvgIpc) is 3.31. The Hall–Kier alpha value is -3.23. The van der Waals surface area contributed by atoms with Crippen LogP contribution in [0.2, 0.25) is 0 Å². The summed E-state index contributed by atoms with van der Waals surface area (Å²) in [4.78, 5) is 18.5. The van der Waals surface area contributed by atoms with Gasteiger partial charge in [0.25, 0.3) is 0 Å². The third-order valence-electron chi connectivity index (χ3n) is 5.05. The molecule has 0 saturated carbocycles. The summed E-state index contributed by atoms with van der Waals surface area (Å²) in [6.07, 6.45) is -2.31. The van der Waals surface area contributed by atoms with Gasteiger partial charge in [-0.05, 0) is 55.2 Å². The first kappa shape index (κ1) is 23.4. The van der Waals surface area contributed by atoms with E-state index in [9.17, 15) is 18.0 Å². The third-order valence-corrected chi connectivity index (χ3v) is 5.05. The predicted octanol–water partition coefficient (Wildman–Crippen LogP) is 4.59. The number of nitrogens with zero attached hydrogens (tertiary/aromatic N) is 2. The number of benzene rings is 2. The van der Waals surface area contributed by atoms with Gasteiger partial charge in [0.05, 0.1) is 12.1 Å². The molecule has 0 aliphatic carbocycles. The van der Waals surface area contributed by atoms with Gasteiger partial charge < -0.3 is 20.9 Å². The van der Waals surface area contributed by atoms with Gasteiger partial charge in [0.1, 0.15) is 0 Å². The fourth-order valence-corrected chi connectivity index (χ4v) is 3.43. The number of guanidine groups is 1. The molecular weight excluding hydrogens is 419 g/mol. The molecule has 0 unspecified atom stereocenters. The van der Waals surface area contributed by atoms with E-state index in [1.807, 2.05) is 31.2 Å². The highest BCUT2D eigenvalue weighted by atomic mass is 19.4. The molecule has 1 saturated heterocycles. The lowest BCUT2D eigenvalue weighted by Crippen LogP contribution is -2.36. The minimum atomic E-state index is -4.38. The van der Waals surface area contributed by atoms with Crippen LogP contribution in [0.4, 0.5) is 23.7 Å². The maximum absolute atomic E-state index is 12.9. The van der Waals surface area contributed by atoms with E-state index >= 15 is 0 Å². The zero-order chi connectivity index (χ0) is 23.0. The quantitative estimate of drug-likeness (QED) is 0.448. The number of anilines is 1. The van der Waals surface area contributed by atoms with Crippen molar-refractivity contribution in [3.63, 3.8) is 0 Å². The van der Waals surface area contributed by atoms with Crippen molar-refractivity contribution in [2.24, 2.45) is 4.99 Å². The number of carbonyl (C=O) groups is 1. The Morgan fingerprint density at radius 2 is 1.75 bits per heavy atom. The fraction of sp³-hybridized carbons (Fsp3) is 0.391. The van der Waals surface area contributed by atoms with Crippen LogP contribution < -0.4 is 16.0 Å². The minimum absolute atomic E-state index is 0.0939. The number of amides is 2. The minimum Gasteiger partial charge on any atom is -0.357 e. The highest BCUT2D eigenvalue weighted by molar-refractivity contribution is 5.89. The average molecular weight is 448 g/mol. The molecule has 3 rings (SSSR count). The Labute approximate surface area is 185 Å². The summed E-state index contributed by atoms with van der Waals surface area (Å²) in [5.41, 5.74) is 1.45. The molecule has 9 heteroatoms. The van der Waals surface area contributed by atoms with Crippen molar-refractivity contribution in [2.45, 2.75) is 39.0 Å². The Morgan fingerprint density at radius 1 is 1.03 bits per heavy atom. The van der Waals surface area contributed by atoms with Gasteiger partial charge in [-0.2, -0.15) is 13.2 Å². The summed E-state index contributed by atoms with van der Waals surface area (Å²) in [6, 6.07) is 12.6. The number of urea groups is 1. The zero-order valence-corrected chi connectivity index (χ0v) is 18.0. The van der Waals surface area contributed by atoms with Crippen molar-refractivity contribution in [3.8, 4) is 0 Å². The molecule has 0 radical (unpaired) electrons. The van der Waals surface area contributed by atoms with Crippen LogP contribution in [0.5, 0.6) is 0 Å². The fourth-order valence-electron chi connectivity index (χ4n) is 3.43. The van der Waals surface area contributed by atoms with Crippen LogP contribution >= 0.6 is 0 Å². The molecule has 32 heavy (non-hydrogen) atoms. The highest BCUT2D eigenvalue weighted by Gasteiger charge is 2.30. The van der Waals surface area contributed by atoms with Gasteiger partial charge >= 0.3 is 12.2 Å². The molecule has 0 bridgehead atoms. The van der Waals surface area contributed by atoms with E-state index in [1.54, 1.807) is 11.0 Å². The molecule has 1 heterocycles. The lowest BCUT2D eigenvalue weighted by Gasteiger charge is -2.17. The van der Waals surface area contributed by atoms with E-state index in [1.165, 1.54) is 6.07 Å². The summed E-state index contributed by atoms with van der Waals surface area (Å²) in [7, 11) is 0. The maximum Gasteiger partial charge on any atom is 0.416 e. The molecule has 0 aromatic heterocycles. The number of halogens is 3. The molecule has 3 N–H and O–H groups in total. The molecule has 1 fully saturated rings. The monoisotopic (exact) mass is 447 g/mol. The number of alkyl halides is 3. The molecule has 1 aliphatic heterocycles. The van der Waals surface area contributed by atoms with E-state index in [2.05, 4.69) is 20.9 Å². The van der Waals surface area contributed by atoms with Crippen molar-refractivity contribution >= 4 is 17.7 Å². The Morgan fingerprint density at radius 3 is 2.47 bits per heavy atom. The lowest BCUT2D eigenvalue weighted by molar-refractivity contribution is -0.137. The van der Waals surface area contributed by atoms with Crippen molar-refractivity contribution < 1.29 is 18.0 Å². The van der Waals surface area contributed by atoms with Gasteiger partial charge in [-0.25, -0.2) is 9.79 Å². The second-order valence-corrected chi connectivity index (χ2v) is 7.57. The predicted molar refractivity (Wildman–Crippen MR) is 119 cm³/mol. The standard InChI is InChI=1S/C23H28F3N5O/c1-2-27-21(28-15-17-7-5-9-19(13-17)23(24,25)26)29-16-18-8-6-10-20(14-18)30-22(32)31-11-3-4-12-31/h5-10,13-14H,2-4,11-12,15-16H2,1H3,(H,30,32)(H2,27,28,29). The zero-order valence-electron chi connectivity index (χ0n) is 18.0. The van der Waals surface area contributed by atoms with Gasteiger partial charge in [0.15, 0.2) is 5.96 Å². The van der Waals surface area contributed by atoms with Gasteiger partial charge in [0, 0.05) is 31.9 Å². The molecule has 0 spiro atoms. The SMILES string of the molecule is CCNC(=NCc1cccc(C(F)(F)F)c1)NCc1cccc(NC(=O)N2CCCC2)c1. The van der Waals surface area contributed by atoms with Crippen LogP contribution in [0.3, 0.4) is 0 Å². The molecule has 172 valence electrons. The molecule has 2 aromatic rings. The maximum atomic E-state index is 12.9. The number of likely N-dealkylation sites (tertiary alicyclic amines) is 1.